The van der Waals surface area contributed by atoms with Crippen molar-refractivity contribution in [2.45, 2.75) is 103 Å². The van der Waals surface area contributed by atoms with E-state index in [2.05, 4.69) is 20.8 Å². The van der Waals surface area contributed by atoms with Gasteiger partial charge in [-0.05, 0) is 85.9 Å². The third kappa shape index (κ3) is 2.35. The molecule has 2 N–H and O–H groups in total. The van der Waals surface area contributed by atoms with E-state index in [4.69, 9.17) is 5.73 Å². The molecule has 23 heavy (non-hydrogen) atoms. The van der Waals surface area contributed by atoms with Crippen LogP contribution in [-0.4, -0.2) is 5.54 Å². The Balaban J connectivity index is 1.67. The molecule has 0 radical (unpaired) electrons. The molecule has 132 valence electrons. The molecule has 0 amide bonds. The molecule has 0 heterocycles. The lowest BCUT2D eigenvalue weighted by atomic mass is 9.42. The van der Waals surface area contributed by atoms with E-state index in [0.717, 1.165) is 23.7 Å². The third-order valence-corrected chi connectivity index (χ3v) is 9.45. The summed E-state index contributed by atoms with van der Waals surface area (Å²) >= 11 is 0. The summed E-state index contributed by atoms with van der Waals surface area (Å²) in [5.74, 6) is 3.76. The molecule has 0 aliphatic heterocycles. The van der Waals surface area contributed by atoms with Crippen molar-refractivity contribution in [2.75, 3.05) is 0 Å². The number of nitrogens with two attached hydrogens (primary N) is 1. The van der Waals surface area contributed by atoms with Crippen molar-refractivity contribution in [3.63, 3.8) is 0 Å². The Labute approximate surface area is 144 Å². The molecule has 0 spiro atoms. The molecule has 4 fully saturated rings. The van der Waals surface area contributed by atoms with Gasteiger partial charge in [0.2, 0.25) is 0 Å². The van der Waals surface area contributed by atoms with Gasteiger partial charge in [0.05, 0.1) is 0 Å². The first-order chi connectivity index (χ1) is 10.9. The molecule has 4 rings (SSSR count). The van der Waals surface area contributed by atoms with E-state index < -0.39 is 0 Å². The molecule has 0 saturated heterocycles. The maximum atomic E-state index is 7.20. The second-order valence-corrected chi connectivity index (χ2v) is 10.6. The fourth-order valence-corrected chi connectivity index (χ4v) is 8.03. The first kappa shape index (κ1) is 16.4. The van der Waals surface area contributed by atoms with Crippen molar-refractivity contribution in [3.8, 4) is 0 Å². The van der Waals surface area contributed by atoms with Crippen LogP contribution < -0.4 is 5.73 Å². The fourth-order valence-electron chi connectivity index (χ4n) is 8.03. The maximum absolute atomic E-state index is 7.20. The first-order valence-electron chi connectivity index (χ1n) is 10.7. The zero-order chi connectivity index (χ0) is 16.3. The lowest BCUT2D eigenvalue weighted by Crippen LogP contribution is -2.64. The molecule has 4 aliphatic rings. The summed E-state index contributed by atoms with van der Waals surface area (Å²) in [6.45, 7) is 7.70. The highest BCUT2D eigenvalue weighted by molar-refractivity contribution is 5.13. The van der Waals surface area contributed by atoms with Crippen LogP contribution in [-0.2, 0) is 0 Å². The summed E-state index contributed by atoms with van der Waals surface area (Å²) in [5.41, 5.74) is 8.41. The Kier molecular flexibility index (Phi) is 3.91. The molecule has 0 aromatic rings. The summed E-state index contributed by atoms with van der Waals surface area (Å²) in [7, 11) is 0. The summed E-state index contributed by atoms with van der Waals surface area (Å²) in [5, 5.41) is 0. The number of hydrogen-bond donors (Lipinski definition) is 1. The Morgan fingerprint density at radius 2 is 1.61 bits per heavy atom. The minimum Gasteiger partial charge on any atom is -0.325 e. The molecular weight excluding hydrogens is 278 g/mol. The van der Waals surface area contributed by atoms with E-state index in [0.29, 0.717) is 10.8 Å². The third-order valence-electron chi connectivity index (χ3n) is 9.45. The van der Waals surface area contributed by atoms with Gasteiger partial charge in [0.15, 0.2) is 0 Å². The largest absolute Gasteiger partial charge is 0.325 e. The van der Waals surface area contributed by atoms with Gasteiger partial charge in [0, 0.05) is 5.54 Å². The Bertz CT molecular complexity index is 459. The van der Waals surface area contributed by atoms with Gasteiger partial charge < -0.3 is 5.73 Å². The standard InChI is InChI=1S/C22H39N/c1-16-7-6-12-21(3)19-10-13-20(2)11-5-4-8-18(20)17(19)9-14-22(21,23)15-16/h16-19H,4-15,23H2,1-3H3. The van der Waals surface area contributed by atoms with E-state index in [1.54, 1.807) is 0 Å². The monoisotopic (exact) mass is 317 g/mol. The molecule has 7 unspecified atom stereocenters. The van der Waals surface area contributed by atoms with E-state index >= 15 is 0 Å². The fraction of sp³-hybridized carbons (Fsp3) is 1.00. The molecule has 0 bridgehead atoms. The van der Waals surface area contributed by atoms with Crippen molar-refractivity contribution < 1.29 is 0 Å². The lowest BCUT2D eigenvalue weighted by molar-refractivity contribution is -0.123. The molecule has 4 aliphatic carbocycles. The maximum Gasteiger partial charge on any atom is 0.0214 e. The smallest absolute Gasteiger partial charge is 0.0214 e. The average molecular weight is 318 g/mol. The van der Waals surface area contributed by atoms with Gasteiger partial charge in [-0.3, -0.25) is 0 Å². The normalized spacial score (nSPS) is 56.9. The van der Waals surface area contributed by atoms with E-state index in [-0.39, 0.29) is 5.54 Å². The molecule has 7 atom stereocenters. The zero-order valence-electron chi connectivity index (χ0n) is 15.9. The molecular formula is C22H39N. The van der Waals surface area contributed by atoms with Gasteiger partial charge in [0.1, 0.15) is 0 Å². The van der Waals surface area contributed by atoms with Crippen molar-refractivity contribution >= 4 is 0 Å². The van der Waals surface area contributed by atoms with Gasteiger partial charge in [-0.1, -0.05) is 46.5 Å². The van der Waals surface area contributed by atoms with Gasteiger partial charge >= 0.3 is 0 Å². The van der Waals surface area contributed by atoms with Crippen LogP contribution in [0.1, 0.15) is 97.8 Å². The van der Waals surface area contributed by atoms with E-state index in [1.807, 2.05) is 0 Å². The quantitative estimate of drug-likeness (QED) is 0.590. The van der Waals surface area contributed by atoms with Crippen LogP contribution in [0.2, 0.25) is 0 Å². The number of rotatable bonds is 0. The topological polar surface area (TPSA) is 26.0 Å². The Hall–Kier alpha value is -0.0400. The van der Waals surface area contributed by atoms with E-state index in [1.165, 1.54) is 77.0 Å². The highest BCUT2D eigenvalue weighted by Crippen LogP contribution is 2.65. The molecule has 0 aromatic carbocycles. The molecule has 0 aromatic heterocycles. The minimum atomic E-state index is 0.131. The average Bonchev–Trinajstić information content (AvgIpc) is 2.62. The second-order valence-electron chi connectivity index (χ2n) is 10.6. The van der Waals surface area contributed by atoms with Crippen LogP contribution in [0.15, 0.2) is 0 Å². The SMILES string of the molecule is CC1CCCC2(C)C3CCC4(C)CCCCC4C3CCC2(N)C1. The van der Waals surface area contributed by atoms with Crippen molar-refractivity contribution in [3.05, 3.63) is 0 Å². The van der Waals surface area contributed by atoms with Crippen molar-refractivity contribution in [1.82, 2.24) is 0 Å². The van der Waals surface area contributed by atoms with E-state index in [9.17, 15) is 0 Å². The minimum absolute atomic E-state index is 0.131. The predicted molar refractivity (Wildman–Crippen MR) is 98.2 cm³/mol. The summed E-state index contributed by atoms with van der Waals surface area (Å²) < 4.78 is 0. The van der Waals surface area contributed by atoms with Crippen LogP contribution in [0.3, 0.4) is 0 Å². The van der Waals surface area contributed by atoms with Gasteiger partial charge in [-0.2, -0.15) is 0 Å². The van der Waals surface area contributed by atoms with Gasteiger partial charge in [-0.15, -0.1) is 0 Å². The molecule has 1 nitrogen and oxygen atoms in total. The predicted octanol–water partition coefficient (Wildman–Crippen LogP) is 5.92. The molecule has 4 saturated carbocycles. The summed E-state index contributed by atoms with van der Waals surface area (Å²) in [4.78, 5) is 0. The van der Waals surface area contributed by atoms with Crippen LogP contribution in [0, 0.1) is 34.5 Å². The zero-order valence-corrected chi connectivity index (χ0v) is 15.9. The van der Waals surface area contributed by atoms with Gasteiger partial charge in [-0.25, -0.2) is 0 Å². The van der Waals surface area contributed by atoms with Crippen LogP contribution in [0.4, 0.5) is 0 Å². The van der Waals surface area contributed by atoms with Crippen molar-refractivity contribution in [1.29, 1.82) is 0 Å². The number of hydrogen-bond acceptors (Lipinski definition) is 1. The second kappa shape index (κ2) is 5.48. The highest BCUT2D eigenvalue weighted by Gasteiger charge is 2.60. The molecule has 1 heteroatoms. The van der Waals surface area contributed by atoms with Crippen LogP contribution in [0.25, 0.3) is 0 Å². The van der Waals surface area contributed by atoms with Crippen LogP contribution >= 0.6 is 0 Å². The highest BCUT2D eigenvalue weighted by atomic mass is 14.8. The summed E-state index contributed by atoms with van der Waals surface area (Å²) in [6.07, 6.45) is 17.2. The van der Waals surface area contributed by atoms with Crippen LogP contribution in [0.5, 0.6) is 0 Å². The number of fused-ring (bicyclic) bond motifs is 5. The Morgan fingerprint density at radius 1 is 0.783 bits per heavy atom. The van der Waals surface area contributed by atoms with Gasteiger partial charge in [0.25, 0.3) is 0 Å². The Morgan fingerprint density at radius 3 is 2.43 bits per heavy atom. The van der Waals surface area contributed by atoms with Crippen molar-refractivity contribution in [2.24, 2.45) is 40.2 Å². The summed E-state index contributed by atoms with van der Waals surface area (Å²) in [6, 6.07) is 0. The first-order valence-corrected chi connectivity index (χ1v) is 10.7. The lowest BCUT2D eigenvalue weighted by Gasteiger charge is -2.64.